The minimum Gasteiger partial charge on any atom is -0.495 e. The van der Waals surface area contributed by atoms with Crippen molar-refractivity contribution in [3.05, 3.63) is 24.3 Å². The summed E-state index contributed by atoms with van der Waals surface area (Å²) < 4.78 is 5.15. The molecule has 0 saturated carbocycles. The highest BCUT2D eigenvalue weighted by Crippen LogP contribution is 2.22. The number of carbonyl (C=O) groups excluding carboxylic acids is 1. The van der Waals surface area contributed by atoms with Crippen molar-refractivity contribution in [2.45, 2.75) is 12.8 Å². The third kappa shape index (κ3) is 5.71. The first-order chi connectivity index (χ1) is 9.52. The number of carboxylic acid groups (broad SMARTS) is 1. The van der Waals surface area contributed by atoms with E-state index in [0.29, 0.717) is 24.4 Å². The number of nitrogens with zero attached hydrogens (tertiary/aromatic N) is 1. The molecule has 0 unspecified atom stereocenters. The van der Waals surface area contributed by atoms with Gasteiger partial charge in [0.1, 0.15) is 5.75 Å². The Labute approximate surface area is 118 Å². The van der Waals surface area contributed by atoms with Gasteiger partial charge in [0.25, 0.3) is 0 Å². The molecular formula is C14H20N2O4. The first kappa shape index (κ1) is 16.0. The number of ether oxygens (including phenoxy) is 1. The number of carboxylic acids is 1. The predicted octanol–water partition coefficient (Wildman–Crippen LogP) is 1.43. The lowest BCUT2D eigenvalue weighted by atomic mass is 10.3. The summed E-state index contributed by atoms with van der Waals surface area (Å²) in [5.74, 6) is -0.376. The van der Waals surface area contributed by atoms with Crippen molar-refractivity contribution in [1.82, 2.24) is 4.90 Å². The van der Waals surface area contributed by atoms with E-state index in [2.05, 4.69) is 5.32 Å². The number of hydrogen-bond donors (Lipinski definition) is 2. The Kier molecular flexibility index (Phi) is 6.52. The maximum absolute atomic E-state index is 11.9. The van der Waals surface area contributed by atoms with Gasteiger partial charge in [-0.05, 0) is 32.1 Å². The van der Waals surface area contributed by atoms with E-state index in [1.54, 1.807) is 31.2 Å². The van der Waals surface area contributed by atoms with E-state index in [-0.39, 0.29) is 18.9 Å². The van der Waals surface area contributed by atoms with Crippen LogP contribution in [0.4, 0.5) is 5.69 Å². The molecule has 0 heterocycles. The van der Waals surface area contributed by atoms with Gasteiger partial charge in [0.05, 0.1) is 19.3 Å². The van der Waals surface area contributed by atoms with Crippen LogP contribution in [-0.2, 0) is 9.59 Å². The van der Waals surface area contributed by atoms with Crippen LogP contribution in [-0.4, -0.2) is 49.1 Å². The lowest BCUT2D eigenvalue weighted by Gasteiger charge is -2.16. The van der Waals surface area contributed by atoms with E-state index >= 15 is 0 Å². The molecule has 1 rings (SSSR count). The van der Waals surface area contributed by atoms with Gasteiger partial charge in [-0.1, -0.05) is 12.1 Å². The highest BCUT2D eigenvalue weighted by Gasteiger charge is 2.09. The smallest absolute Gasteiger partial charge is 0.303 e. The number of amides is 1. The highest BCUT2D eigenvalue weighted by molar-refractivity contribution is 5.93. The number of benzene rings is 1. The van der Waals surface area contributed by atoms with Gasteiger partial charge in [0.2, 0.25) is 5.91 Å². The van der Waals surface area contributed by atoms with Crippen LogP contribution in [0.2, 0.25) is 0 Å². The van der Waals surface area contributed by atoms with Crippen LogP contribution in [0.1, 0.15) is 12.8 Å². The number of methoxy groups -OCH3 is 1. The Morgan fingerprint density at radius 3 is 2.70 bits per heavy atom. The summed E-state index contributed by atoms with van der Waals surface area (Å²) >= 11 is 0. The highest BCUT2D eigenvalue weighted by atomic mass is 16.5. The zero-order chi connectivity index (χ0) is 15.0. The Hall–Kier alpha value is -2.08. The molecule has 2 N–H and O–H groups in total. The molecule has 0 aliphatic rings. The number of nitrogens with one attached hydrogen (secondary N) is 1. The van der Waals surface area contributed by atoms with Gasteiger partial charge >= 0.3 is 5.97 Å². The van der Waals surface area contributed by atoms with Gasteiger partial charge in [-0.2, -0.15) is 0 Å². The molecule has 0 spiro atoms. The van der Waals surface area contributed by atoms with E-state index in [1.807, 2.05) is 12.1 Å². The zero-order valence-electron chi connectivity index (χ0n) is 11.8. The minimum atomic E-state index is -0.822. The summed E-state index contributed by atoms with van der Waals surface area (Å²) in [6.07, 6.45) is 0.631. The van der Waals surface area contributed by atoms with Gasteiger partial charge in [0.15, 0.2) is 0 Å². The topological polar surface area (TPSA) is 78.9 Å². The summed E-state index contributed by atoms with van der Waals surface area (Å²) in [4.78, 5) is 24.1. The lowest BCUT2D eigenvalue weighted by molar-refractivity contribution is -0.137. The molecule has 1 aromatic carbocycles. The quantitative estimate of drug-likeness (QED) is 0.753. The molecule has 6 nitrogen and oxygen atoms in total. The molecule has 0 aromatic heterocycles. The summed E-state index contributed by atoms with van der Waals surface area (Å²) in [6.45, 7) is 0.767. The molecule has 0 bridgehead atoms. The number of carbonyl (C=O) groups is 2. The third-order valence-electron chi connectivity index (χ3n) is 2.73. The van der Waals surface area contributed by atoms with Gasteiger partial charge in [-0.3, -0.25) is 14.5 Å². The normalized spacial score (nSPS) is 10.3. The van der Waals surface area contributed by atoms with Crippen LogP contribution < -0.4 is 10.1 Å². The van der Waals surface area contributed by atoms with Crippen LogP contribution in [0, 0.1) is 0 Å². The van der Waals surface area contributed by atoms with E-state index in [0.717, 1.165) is 0 Å². The molecule has 1 amide bonds. The van der Waals surface area contributed by atoms with Crippen molar-refractivity contribution in [2.75, 3.05) is 32.6 Å². The minimum absolute atomic E-state index is 0.110. The summed E-state index contributed by atoms with van der Waals surface area (Å²) in [5.41, 5.74) is 0.624. The largest absolute Gasteiger partial charge is 0.495 e. The molecule has 0 aliphatic heterocycles. The molecule has 0 radical (unpaired) electrons. The SMILES string of the molecule is COc1ccccc1NC(=O)CN(C)CCCC(=O)O. The van der Waals surface area contributed by atoms with Crippen LogP contribution in [0.5, 0.6) is 5.75 Å². The molecule has 6 heteroatoms. The van der Waals surface area contributed by atoms with Crippen LogP contribution >= 0.6 is 0 Å². The molecule has 0 atom stereocenters. The summed E-state index contributed by atoms with van der Waals surface area (Å²) in [7, 11) is 3.33. The second kappa shape index (κ2) is 8.16. The molecule has 110 valence electrons. The van der Waals surface area contributed by atoms with Crippen molar-refractivity contribution >= 4 is 17.6 Å². The molecule has 0 aliphatic carbocycles. The Bertz CT molecular complexity index is 462. The number of likely N-dealkylation sites (N-methyl/N-ethyl adjacent to an activating group) is 1. The van der Waals surface area contributed by atoms with Crippen LogP contribution in [0.25, 0.3) is 0 Å². The number of rotatable bonds is 8. The summed E-state index contributed by atoms with van der Waals surface area (Å²) in [6, 6.07) is 7.18. The third-order valence-corrected chi connectivity index (χ3v) is 2.73. The molecule has 1 aromatic rings. The van der Waals surface area contributed by atoms with Gasteiger partial charge in [-0.15, -0.1) is 0 Å². The zero-order valence-corrected chi connectivity index (χ0v) is 11.8. The fraction of sp³-hybridized carbons (Fsp3) is 0.429. The Balaban J connectivity index is 2.41. The van der Waals surface area contributed by atoms with Crippen molar-refractivity contribution in [1.29, 1.82) is 0 Å². The average molecular weight is 280 g/mol. The fourth-order valence-electron chi connectivity index (χ4n) is 1.76. The van der Waals surface area contributed by atoms with E-state index < -0.39 is 5.97 Å². The number of para-hydroxylation sites is 2. The molecule has 0 fully saturated rings. The van der Waals surface area contributed by atoms with Crippen molar-refractivity contribution < 1.29 is 19.4 Å². The van der Waals surface area contributed by atoms with E-state index in [1.165, 1.54) is 0 Å². The maximum atomic E-state index is 11.9. The molecule has 20 heavy (non-hydrogen) atoms. The van der Waals surface area contributed by atoms with E-state index in [4.69, 9.17) is 9.84 Å². The fourth-order valence-corrected chi connectivity index (χ4v) is 1.76. The maximum Gasteiger partial charge on any atom is 0.303 e. The molecule has 0 saturated heterocycles. The average Bonchev–Trinajstić information content (AvgIpc) is 2.38. The number of hydrogen-bond acceptors (Lipinski definition) is 4. The molecular weight excluding hydrogens is 260 g/mol. The Morgan fingerprint density at radius 1 is 1.35 bits per heavy atom. The lowest BCUT2D eigenvalue weighted by Crippen LogP contribution is -2.31. The predicted molar refractivity (Wildman–Crippen MR) is 76.0 cm³/mol. The second-order valence-electron chi connectivity index (χ2n) is 4.48. The number of anilines is 1. The van der Waals surface area contributed by atoms with Crippen LogP contribution in [0.15, 0.2) is 24.3 Å². The number of aliphatic carboxylic acids is 1. The van der Waals surface area contributed by atoms with Gasteiger partial charge < -0.3 is 15.2 Å². The van der Waals surface area contributed by atoms with Crippen LogP contribution in [0.3, 0.4) is 0 Å². The second-order valence-corrected chi connectivity index (χ2v) is 4.48. The van der Waals surface area contributed by atoms with Crippen molar-refractivity contribution in [3.8, 4) is 5.75 Å². The Morgan fingerprint density at radius 2 is 2.05 bits per heavy atom. The standard InChI is InChI=1S/C14H20N2O4/c1-16(9-5-8-14(18)19)10-13(17)15-11-6-3-4-7-12(11)20-2/h3-4,6-7H,5,8-10H2,1-2H3,(H,15,17)(H,18,19). The van der Waals surface area contributed by atoms with Gasteiger partial charge in [0, 0.05) is 6.42 Å². The van der Waals surface area contributed by atoms with Gasteiger partial charge in [-0.25, -0.2) is 0 Å². The van der Waals surface area contributed by atoms with Crippen molar-refractivity contribution in [3.63, 3.8) is 0 Å². The monoisotopic (exact) mass is 280 g/mol. The first-order valence-electron chi connectivity index (χ1n) is 6.36. The summed E-state index contributed by atoms with van der Waals surface area (Å²) in [5, 5.41) is 11.3. The van der Waals surface area contributed by atoms with Crippen molar-refractivity contribution in [2.24, 2.45) is 0 Å². The van der Waals surface area contributed by atoms with E-state index in [9.17, 15) is 9.59 Å². The first-order valence-corrected chi connectivity index (χ1v) is 6.36.